The average Bonchev–Trinajstić information content (AvgIpc) is 3.37. The number of H-pyrrole nitrogens is 1. The Hall–Kier alpha value is -3.68. The summed E-state index contributed by atoms with van der Waals surface area (Å²) in [7, 11) is 0. The first kappa shape index (κ1) is 27.4. The molecule has 0 aliphatic rings. The van der Waals surface area contributed by atoms with E-state index in [4.69, 9.17) is 16.3 Å². The third-order valence-corrected chi connectivity index (χ3v) is 6.76. The number of carbonyl (C=O) groups excluding carboxylic acids is 2. The molecule has 2 atom stereocenters. The van der Waals surface area contributed by atoms with Crippen LogP contribution in [-0.4, -0.2) is 46.2 Å². The van der Waals surface area contributed by atoms with Gasteiger partial charge in [-0.3, -0.25) is 9.59 Å². The lowest BCUT2D eigenvalue weighted by Crippen LogP contribution is -2.40. The van der Waals surface area contributed by atoms with E-state index in [2.05, 4.69) is 15.3 Å². The molecular weight excluding hydrogens is 502 g/mol. The molecule has 0 saturated heterocycles. The maximum atomic E-state index is 13.3. The summed E-state index contributed by atoms with van der Waals surface area (Å²) in [6.07, 6.45) is 1.41. The summed E-state index contributed by atoms with van der Waals surface area (Å²) < 4.78 is 5.14. The highest BCUT2D eigenvalue weighted by atomic mass is 35.5. The van der Waals surface area contributed by atoms with E-state index in [1.54, 1.807) is 19.1 Å². The van der Waals surface area contributed by atoms with Gasteiger partial charge in [0.25, 0.3) is 5.91 Å². The molecular formula is C30H32ClN3O4. The minimum atomic E-state index is -0.755. The first-order valence-corrected chi connectivity index (χ1v) is 13.2. The lowest BCUT2D eigenvalue weighted by atomic mass is 9.94. The summed E-state index contributed by atoms with van der Waals surface area (Å²) >= 11 is 6.43. The molecule has 2 unspecified atom stereocenters. The molecule has 0 aliphatic carbocycles. The van der Waals surface area contributed by atoms with Crippen LogP contribution in [0.15, 0.2) is 66.7 Å². The number of benzene rings is 3. The van der Waals surface area contributed by atoms with E-state index in [1.165, 1.54) is 0 Å². The van der Waals surface area contributed by atoms with Gasteiger partial charge < -0.3 is 20.1 Å². The predicted molar refractivity (Wildman–Crippen MR) is 149 cm³/mol. The molecule has 198 valence electrons. The van der Waals surface area contributed by atoms with Gasteiger partial charge in [0.15, 0.2) is 0 Å². The quantitative estimate of drug-likeness (QED) is 0.225. The van der Waals surface area contributed by atoms with Crippen LogP contribution in [0.3, 0.4) is 0 Å². The fourth-order valence-corrected chi connectivity index (χ4v) is 4.75. The van der Waals surface area contributed by atoms with Crippen LogP contribution in [0, 0.1) is 5.92 Å². The monoisotopic (exact) mass is 533 g/mol. The smallest absolute Gasteiger partial charge is 0.311 e. The minimum absolute atomic E-state index is 0.218. The maximum absolute atomic E-state index is 13.3. The van der Waals surface area contributed by atoms with Crippen molar-refractivity contribution in [1.82, 2.24) is 15.3 Å². The molecule has 3 aromatic carbocycles. The summed E-state index contributed by atoms with van der Waals surface area (Å²) in [5, 5.41) is 13.3. The fraction of sp³-hybridized carbons (Fsp3) is 0.300. The molecule has 0 bridgehead atoms. The van der Waals surface area contributed by atoms with E-state index in [0.717, 1.165) is 22.5 Å². The number of ether oxygens (including phenoxy) is 1. The number of aromatic amines is 1. The number of rotatable bonds is 11. The van der Waals surface area contributed by atoms with E-state index in [9.17, 15) is 14.7 Å². The zero-order valence-electron chi connectivity index (χ0n) is 21.5. The molecule has 1 heterocycles. The number of carbonyl (C=O) groups is 2. The fourth-order valence-electron chi connectivity index (χ4n) is 4.48. The van der Waals surface area contributed by atoms with E-state index in [0.29, 0.717) is 34.5 Å². The number of halogens is 1. The summed E-state index contributed by atoms with van der Waals surface area (Å²) in [6.45, 7) is 3.55. The van der Waals surface area contributed by atoms with Crippen LogP contribution in [0.25, 0.3) is 22.2 Å². The SMILES string of the molecule is CCOC(=O)C(CO)CC(Cc1ccc(-c2ccccc2)cc1)NC(=O)c1cc(Cl)c2nc(CC)[nH]c2c1. The molecule has 1 aromatic heterocycles. The van der Waals surface area contributed by atoms with Gasteiger partial charge in [0.05, 0.1) is 29.7 Å². The first-order chi connectivity index (χ1) is 18.4. The van der Waals surface area contributed by atoms with Gasteiger partial charge in [-0.05, 0) is 48.6 Å². The molecule has 4 aromatic rings. The van der Waals surface area contributed by atoms with Gasteiger partial charge in [-0.25, -0.2) is 4.98 Å². The third kappa shape index (κ3) is 6.60. The zero-order chi connectivity index (χ0) is 27.1. The van der Waals surface area contributed by atoms with Crippen LogP contribution in [0.2, 0.25) is 5.02 Å². The lowest BCUT2D eigenvalue weighted by molar-refractivity contribution is -0.149. The van der Waals surface area contributed by atoms with E-state index in [1.807, 2.05) is 61.5 Å². The minimum Gasteiger partial charge on any atom is -0.466 e. The predicted octanol–water partition coefficient (Wildman–Crippen LogP) is 5.35. The van der Waals surface area contributed by atoms with Gasteiger partial charge in [-0.1, -0.05) is 73.1 Å². The highest BCUT2D eigenvalue weighted by molar-refractivity contribution is 6.35. The molecule has 8 heteroatoms. The Morgan fingerprint density at radius 2 is 1.76 bits per heavy atom. The number of nitrogens with one attached hydrogen (secondary N) is 2. The van der Waals surface area contributed by atoms with Crippen molar-refractivity contribution in [2.75, 3.05) is 13.2 Å². The van der Waals surface area contributed by atoms with Crippen molar-refractivity contribution in [3.8, 4) is 11.1 Å². The summed E-state index contributed by atoms with van der Waals surface area (Å²) in [5.74, 6) is -0.776. The molecule has 0 aliphatic heterocycles. The summed E-state index contributed by atoms with van der Waals surface area (Å²) in [6, 6.07) is 21.1. The zero-order valence-corrected chi connectivity index (χ0v) is 22.3. The molecule has 0 fully saturated rings. The van der Waals surface area contributed by atoms with Crippen molar-refractivity contribution >= 4 is 34.5 Å². The number of esters is 1. The maximum Gasteiger partial charge on any atom is 0.311 e. The Kier molecular flexibility index (Phi) is 9.15. The average molecular weight is 534 g/mol. The number of aliphatic hydroxyl groups excluding tert-OH is 1. The number of fused-ring (bicyclic) bond motifs is 1. The van der Waals surface area contributed by atoms with E-state index in [-0.39, 0.29) is 25.5 Å². The number of hydrogen-bond acceptors (Lipinski definition) is 5. The summed E-state index contributed by atoms with van der Waals surface area (Å²) in [4.78, 5) is 33.4. The van der Waals surface area contributed by atoms with Crippen LogP contribution < -0.4 is 5.32 Å². The number of imidazole rings is 1. The molecule has 0 radical (unpaired) electrons. The Labute approximate surface area is 227 Å². The van der Waals surface area contributed by atoms with E-state index >= 15 is 0 Å². The number of nitrogens with zero attached hydrogens (tertiary/aromatic N) is 1. The molecule has 1 amide bonds. The standard InChI is InChI=1S/C30H32ClN3O4/c1-3-27-33-26-17-22(16-25(31)28(26)34-27)29(36)32-24(15-23(18-35)30(37)38-4-2)14-19-10-12-21(13-11-19)20-8-6-5-7-9-20/h5-13,16-17,23-24,35H,3-4,14-15,18H2,1-2H3,(H,32,36)(H,33,34). The second-order valence-electron chi connectivity index (χ2n) is 9.20. The molecule has 38 heavy (non-hydrogen) atoms. The van der Waals surface area contributed by atoms with E-state index < -0.39 is 17.9 Å². The molecule has 4 rings (SSSR count). The van der Waals surface area contributed by atoms with Crippen molar-refractivity contribution in [3.63, 3.8) is 0 Å². The van der Waals surface area contributed by atoms with Crippen molar-refractivity contribution < 1.29 is 19.4 Å². The molecule has 7 nitrogen and oxygen atoms in total. The normalized spacial score (nSPS) is 12.7. The second kappa shape index (κ2) is 12.7. The van der Waals surface area contributed by atoms with Crippen LogP contribution >= 0.6 is 11.6 Å². The number of aromatic nitrogens is 2. The van der Waals surface area contributed by atoms with Crippen LogP contribution in [0.4, 0.5) is 0 Å². The topological polar surface area (TPSA) is 104 Å². The van der Waals surface area contributed by atoms with Crippen molar-refractivity contribution in [2.45, 2.75) is 39.2 Å². The number of amides is 1. The largest absolute Gasteiger partial charge is 0.466 e. The molecule has 3 N–H and O–H groups in total. The van der Waals surface area contributed by atoms with Gasteiger partial charge in [-0.15, -0.1) is 0 Å². The highest BCUT2D eigenvalue weighted by Crippen LogP contribution is 2.25. The van der Waals surface area contributed by atoms with Crippen molar-refractivity contribution in [3.05, 3.63) is 88.7 Å². The van der Waals surface area contributed by atoms with Gasteiger partial charge in [0.2, 0.25) is 0 Å². The van der Waals surface area contributed by atoms with Gasteiger partial charge in [0, 0.05) is 18.0 Å². The van der Waals surface area contributed by atoms with Gasteiger partial charge >= 0.3 is 5.97 Å². The summed E-state index contributed by atoms with van der Waals surface area (Å²) in [5.41, 5.74) is 4.89. The van der Waals surface area contributed by atoms with Gasteiger partial charge in [-0.2, -0.15) is 0 Å². The second-order valence-corrected chi connectivity index (χ2v) is 9.60. The Bertz CT molecular complexity index is 1390. The third-order valence-electron chi connectivity index (χ3n) is 6.47. The Morgan fingerprint density at radius 3 is 2.42 bits per heavy atom. The number of hydrogen-bond donors (Lipinski definition) is 3. The highest BCUT2D eigenvalue weighted by Gasteiger charge is 2.26. The number of aryl methyl sites for hydroxylation is 1. The first-order valence-electron chi connectivity index (χ1n) is 12.8. The number of aliphatic hydroxyl groups is 1. The van der Waals surface area contributed by atoms with Crippen molar-refractivity contribution in [2.24, 2.45) is 5.92 Å². The Morgan fingerprint density at radius 1 is 1.05 bits per heavy atom. The van der Waals surface area contributed by atoms with Crippen LogP contribution in [0.5, 0.6) is 0 Å². The van der Waals surface area contributed by atoms with Crippen LogP contribution in [0.1, 0.15) is 42.0 Å². The van der Waals surface area contributed by atoms with Gasteiger partial charge in [0.1, 0.15) is 11.3 Å². The Balaban J connectivity index is 1.57. The van der Waals surface area contributed by atoms with Crippen molar-refractivity contribution in [1.29, 1.82) is 0 Å². The molecule has 0 spiro atoms. The lowest BCUT2D eigenvalue weighted by Gasteiger charge is -2.23. The molecule has 0 saturated carbocycles. The van der Waals surface area contributed by atoms with Crippen LogP contribution in [-0.2, 0) is 22.4 Å².